The second kappa shape index (κ2) is 12.3. The van der Waals surface area contributed by atoms with E-state index in [-0.39, 0.29) is 31.4 Å². The number of anilines is 1. The molecule has 0 spiro atoms. The fourth-order valence-electron chi connectivity index (χ4n) is 3.55. The molecule has 1 fully saturated rings. The second-order valence-corrected chi connectivity index (χ2v) is 10.1. The standard InChI is InChI=1S/C27H23Cl2N3O4S/c1-2-36-26(35)17-7-11-21(12-8-17)31-27-32(16-18-5-3-4-6-22(18)29)24(33)15-23(37-27)25(34)30-20-13-9-19(28)10-14-20/h3-14,23H,2,15-16H2,1H3,(H,30,34)/t23-/m1/s1. The first-order valence-electron chi connectivity index (χ1n) is 11.5. The number of nitrogens with one attached hydrogen (secondary N) is 1. The molecule has 3 aromatic rings. The third kappa shape index (κ3) is 6.91. The number of carbonyl (C=O) groups excluding carboxylic acids is 3. The molecule has 0 aromatic heterocycles. The number of aliphatic imine (C=N–C) groups is 1. The summed E-state index contributed by atoms with van der Waals surface area (Å²) in [5.41, 5.74) is 2.25. The molecular weight excluding hydrogens is 533 g/mol. The van der Waals surface area contributed by atoms with Crippen molar-refractivity contribution in [2.45, 2.75) is 25.1 Å². The van der Waals surface area contributed by atoms with Crippen LogP contribution < -0.4 is 5.32 Å². The number of esters is 1. The number of rotatable bonds is 7. The van der Waals surface area contributed by atoms with Crippen molar-refractivity contribution in [3.8, 4) is 0 Å². The van der Waals surface area contributed by atoms with Crippen LogP contribution >= 0.6 is 35.0 Å². The van der Waals surface area contributed by atoms with Gasteiger partial charge in [0.1, 0.15) is 5.25 Å². The average Bonchev–Trinajstić information content (AvgIpc) is 2.89. The van der Waals surface area contributed by atoms with Crippen LogP contribution in [0.3, 0.4) is 0 Å². The van der Waals surface area contributed by atoms with Crippen LogP contribution in [-0.2, 0) is 20.9 Å². The topological polar surface area (TPSA) is 88.1 Å². The Morgan fingerprint density at radius 1 is 1.05 bits per heavy atom. The molecule has 3 aromatic carbocycles. The maximum Gasteiger partial charge on any atom is 0.338 e. The Bertz CT molecular complexity index is 1330. The first-order valence-corrected chi connectivity index (χ1v) is 13.1. The van der Waals surface area contributed by atoms with Crippen LogP contribution in [0.1, 0.15) is 29.3 Å². The summed E-state index contributed by atoms with van der Waals surface area (Å²) < 4.78 is 5.03. The number of halogens is 2. The van der Waals surface area contributed by atoms with E-state index in [1.54, 1.807) is 61.5 Å². The monoisotopic (exact) mass is 555 g/mol. The Labute approximate surface area is 228 Å². The maximum atomic E-state index is 13.3. The molecule has 2 amide bonds. The van der Waals surface area contributed by atoms with Gasteiger partial charge in [-0.2, -0.15) is 0 Å². The summed E-state index contributed by atoms with van der Waals surface area (Å²) in [6.07, 6.45) is -0.00460. The lowest BCUT2D eigenvalue weighted by Crippen LogP contribution is -2.44. The molecule has 4 rings (SSSR count). The summed E-state index contributed by atoms with van der Waals surface area (Å²) in [5.74, 6) is -0.997. The molecule has 1 heterocycles. The van der Waals surface area contributed by atoms with E-state index in [4.69, 9.17) is 27.9 Å². The average molecular weight is 556 g/mol. The Kier molecular flexibility index (Phi) is 8.87. The summed E-state index contributed by atoms with van der Waals surface area (Å²) in [6, 6.07) is 20.5. The van der Waals surface area contributed by atoms with E-state index in [9.17, 15) is 14.4 Å². The fourth-order valence-corrected chi connectivity index (χ4v) is 4.97. The second-order valence-electron chi connectivity index (χ2n) is 8.04. The van der Waals surface area contributed by atoms with Gasteiger partial charge in [0.05, 0.1) is 24.4 Å². The van der Waals surface area contributed by atoms with Crippen molar-refractivity contribution in [1.82, 2.24) is 4.90 Å². The largest absolute Gasteiger partial charge is 0.462 e. The quantitative estimate of drug-likeness (QED) is 0.344. The molecule has 37 heavy (non-hydrogen) atoms. The Balaban J connectivity index is 1.61. The predicted octanol–water partition coefficient (Wildman–Crippen LogP) is 6.33. The van der Waals surface area contributed by atoms with Gasteiger partial charge < -0.3 is 10.1 Å². The third-order valence-electron chi connectivity index (χ3n) is 5.43. The number of ether oxygens (including phenoxy) is 1. The minimum Gasteiger partial charge on any atom is -0.462 e. The Morgan fingerprint density at radius 2 is 1.76 bits per heavy atom. The highest BCUT2D eigenvalue weighted by atomic mass is 35.5. The van der Waals surface area contributed by atoms with E-state index in [0.717, 1.165) is 5.56 Å². The molecule has 0 saturated carbocycles. The summed E-state index contributed by atoms with van der Waals surface area (Å²) >= 11 is 13.5. The zero-order chi connectivity index (χ0) is 26.4. The minimum atomic E-state index is -0.691. The van der Waals surface area contributed by atoms with Crippen LogP contribution in [0.2, 0.25) is 10.0 Å². The lowest BCUT2D eigenvalue weighted by molar-refractivity contribution is -0.129. The van der Waals surface area contributed by atoms with Crippen molar-refractivity contribution in [1.29, 1.82) is 0 Å². The highest BCUT2D eigenvalue weighted by Gasteiger charge is 2.36. The first kappa shape index (κ1) is 26.7. The molecule has 10 heteroatoms. The molecule has 0 aliphatic carbocycles. The third-order valence-corrected chi connectivity index (χ3v) is 7.24. The number of thioether (sulfide) groups is 1. The molecule has 190 valence electrons. The molecule has 1 saturated heterocycles. The molecule has 0 bridgehead atoms. The van der Waals surface area contributed by atoms with Crippen molar-refractivity contribution in [2.24, 2.45) is 4.99 Å². The first-order chi connectivity index (χ1) is 17.8. The van der Waals surface area contributed by atoms with Gasteiger partial charge in [0.15, 0.2) is 5.17 Å². The van der Waals surface area contributed by atoms with Crippen molar-refractivity contribution in [3.63, 3.8) is 0 Å². The Hall–Kier alpha value is -3.33. The van der Waals surface area contributed by atoms with Crippen molar-refractivity contribution >= 4 is 69.3 Å². The number of hydrogen-bond acceptors (Lipinski definition) is 6. The van der Waals surface area contributed by atoms with Gasteiger partial charge in [-0.25, -0.2) is 9.79 Å². The van der Waals surface area contributed by atoms with E-state index < -0.39 is 11.2 Å². The fraction of sp³-hybridized carbons (Fsp3) is 0.185. The van der Waals surface area contributed by atoms with Gasteiger partial charge in [-0.1, -0.05) is 53.2 Å². The van der Waals surface area contributed by atoms with Gasteiger partial charge in [0.2, 0.25) is 11.8 Å². The van der Waals surface area contributed by atoms with Crippen LogP contribution in [0.4, 0.5) is 11.4 Å². The van der Waals surface area contributed by atoms with Gasteiger partial charge >= 0.3 is 5.97 Å². The van der Waals surface area contributed by atoms with Crippen LogP contribution in [0.15, 0.2) is 77.8 Å². The van der Waals surface area contributed by atoms with E-state index in [2.05, 4.69) is 10.3 Å². The number of amides is 2. The van der Waals surface area contributed by atoms with Gasteiger partial charge in [0, 0.05) is 22.2 Å². The van der Waals surface area contributed by atoms with E-state index in [1.807, 2.05) is 18.2 Å². The smallest absolute Gasteiger partial charge is 0.338 e. The number of nitrogens with zero attached hydrogens (tertiary/aromatic N) is 2. The number of amidine groups is 1. The highest BCUT2D eigenvalue weighted by molar-refractivity contribution is 8.15. The molecule has 0 radical (unpaired) electrons. The summed E-state index contributed by atoms with van der Waals surface area (Å²) in [5, 5.41) is 3.58. The van der Waals surface area contributed by atoms with Crippen molar-refractivity contribution < 1.29 is 19.1 Å². The van der Waals surface area contributed by atoms with Gasteiger partial charge in [-0.05, 0) is 67.1 Å². The number of benzene rings is 3. The van der Waals surface area contributed by atoms with Crippen LogP contribution in [-0.4, -0.2) is 39.7 Å². The van der Waals surface area contributed by atoms with Gasteiger partial charge in [-0.15, -0.1) is 0 Å². The molecule has 7 nitrogen and oxygen atoms in total. The van der Waals surface area contributed by atoms with Crippen molar-refractivity contribution in [2.75, 3.05) is 11.9 Å². The zero-order valence-electron chi connectivity index (χ0n) is 19.8. The summed E-state index contributed by atoms with van der Waals surface area (Å²) in [4.78, 5) is 44.5. The highest BCUT2D eigenvalue weighted by Crippen LogP contribution is 2.32. The van der Waals surface area contributed by atoms with Crippen molar-refractivity contribution in [3.05, 3.63) is 94.0 Å². The van der Waals surface area contributed by atoms with E-state index in [1.165, 1.54) is 16.7 Å². The zero-order valence-corrected chi connectivity index (χ0v) is 22.1. The summed E-state index contributed by atoms with van der Waals surface area (Å²) in [6.45, 7) is 2.22. The molecular formula is C27H23Cl2N3O4S. The Morgan fingerprint density at radius 3 is 2.43 bits per heavy atom. The molecule has 1 aliphatic heterocycles. The predicted molar refractivity (Wildman–Crippen MR) is 148 cm³/mol. The van der Waals surface area contributed by atoms with E-state index in [0.29, 0.717) is 32.2 Å². The van der Waals surface area contributed by atoms with Crippen LogP contribution in [0.5, 0.6) is 0 Å². The van der Waals surface area contributed by atoms with Gasteiger partial charge in [-0.3, -0.25) is 14.5 Å². The normalized spacial score (nSPS) is 16.5. The minimum absolute atomic E-state index is 0.00460. The maximum absolute atomic E-state index is 13.3. The number of carbonyl (C=O) groups is 3. The molecule has 0 unspecified atom stereocenters. The van der Waals surface area contributed by atoms with E-state index >= 15 is 0 Å². The van der Waals surface area contributed by atoms with Crippen LogP contribution in [0, 0.1) is 0 Å². The SMILES string of the molecule is CCOC(=O)c1ccc(N=C2S[C@@H](C(=O)Nc3ccc(Cl)cc3)CC(=O)N2Cc2ccccc2Cl)cc1. The lowest BCUT2D eigenvalue weighted by Gasteiger charge is -2.32. The summed E-state index contributed by atoms with van der Waals surface area (Å²) in [7, 11) is 0. The molecule has 1 N–H and O–H groups in total. The van der Waals surface area contributed by atoms with Crippen LogP contribution in [0.25, 0.3) is 0 Å². The van der Waals surface area contributed by atoms with Gasteiger partial charge in [0.25, 0.3) is 0 Å². The lowest BCUT2D eigenvalue weighted by atomic mass is 10.2. The number of hydrogen-bond donors (Lipinski definition) is 1. The molecule has 1 atom stereocenters. The molecule has 1 aliphatic rings.